The molecule has 3 nitrogen and oxygen atoms in total. The standard InChI is InChI=1S/C13H9F3.C5H9BO2.C4H10O.2C2H6/c1-8-2-3-12(13(16)4-8)9-5-10(14)7-11(15)6-9;1-3-5(4-2)6(7)8;1-4(2)3-5;2*1-2/h2-7H,1H3;3-4,7-8H,1H2,2H3;4-5H,3H2,1-2H3;2*1-2H3/b;5-4+;;;. The molecule has 2 aromatic rings. The van der Waals surface area contributed by atoms with Crippen molar-refractivity contribution in [3.05, 3.63) is 83.6 Å². The number of aliphatic hydroxyl groups excluding tert-OH is 1. The quantitative estimate of drug-likeness (QED) is 0.338. The van der Waals surface area contributed by atoms with E-state index in [9.17, 15) is 13.2 Å². The van der Waals surface area contributed by atoms with Crippen molar-refractivity contribution in [3.63, 3.8) is 0 Å². The van der Waals surface area contributed by atoms with Crippen molar-refractivity contribution >= 4 is 7.12 Å². The summed E-state index contributed by atoms with van der Waals surface area (Å²) in [4.78, 5) is 0. The van der Waals surface area contributed by atoms with E-state index in [1.807, 2.05) is 41.5 Å². The third-order valence-corrected chi connectivity index (χ3v) is 3.53. The van der Waals surface area contributed by atoms with Crippen molar-refractivity contribution in [1.29, 1.82) is 0 Å². The van der Waals surface area contributed by atoms with E-state index in [4.69, 9.17) is 15.2 Å². The van der Waals surface area contributed by atoms with E-state index in [0.29, 0.717) is 18.0 Å². The first-order valence-corrected chi connectivity index (χ1v) is 11.0. The van der Waals surface area contributed by atoms with E-state index >= 15 is 0 Å². The van der Waals surface area contributed by atoms with Gasteiger partial charge in [-0.15, -0.1) is 0 Å². The van der Waals surface area contributed by atoms with Gasteiger partial charge in [0.25, 0.3) is 0 Å². The maximum atomic E-state index is 13.6. The first-order valence-electron chi connectivity index (χ1n) is 11.0. The summed E-state index contributed by atoms with van der Waals surface area (Å²) in [5, 5.41) is 25.0. The summed E-state index contributed by atoms with van der Waals surface area (Å²) in [7, 11) is -1.38. The first-order chi connectivity index (χ1) is 15.5. The second-order valence-electron chi connectivity index (χ2n) is 6.58. The van der Waals surface area contributed by atoms with Gasteiger partial charge in [-0.2, -0.15) is 0 Å². The van der Waals surface area contributed by atoms with Crippen molar-refractivity contribution in [2.45, 2.75) is 55.4 Å². The highest BCUT2D eigenvalue weighted by Crippen LogP contribution is 2.25. The second-order valence-corrected chi connectivity index (χ2v) is 6.58. The molecule has 0 aliphatic rings. The van der Waals surface area contributed by atoms with E-state index in [1.165, 1.54) is 18.2 Å². The topological polar surface area (TPSA) is 60.7 Å². The van der Waals surface area contributed by atoms with Crippen LogP contribution in [0.5, 0.6) is 0 Å². The van der Waals surface area contributed by atoms with Gasteiger partial charge in [-0.3, -0.25) is 0 Å². The lowest BCUT2D eigenvalue weighted by Gasteiger charge is -2.05. The molecule has 0 unspecified atom stereocenters. The number of aliphatic hydroxyl groups is 1. The van der Waals surface area contributed by atoms with Crippen molar-refractivity contribution in [1.82, 2.24) is 0 Å². The fraction of sp³-hybridized carbons (Fsp3) is 0.385. The fourth-order valence-electron chi connectivity index (χ4n) is 1.94. The Morgan fingerprint density at radius 2 is 1.42 bits per heavy atom. The number of halogens is 3. The average Bonchev–Trinajstić information content (AvgIpc) is 2.77. The zero-order chi connectivity index (χ0) is 26.6. The zero-order valence-corrected chi connectivity index (χ0v) is 21.2. The van der Waals surface area contributed by atoms with Crippen molar-refractivity contribution in [3.8, 4) is 11.1 Å². The summed E-state index contributed by atoms with van der Waals surface area (Å²) in [5.41, 5.74) is 1.60. The molecule has 2 aromatic carbocycles. The molecule has 0 radical (unpaired) electrons. The van der Waals surface area contributed by atoms with Crippen LogP contribution in [0.25, 0.3) is 11.1 Å². The highest BCUT2D eigenvalue weighted by atomic mass is 19.1. The zero-order valence-electron chi connectivity index (χ0n) is 21.2. The van der Waals surface area contributed by atoms with Gasteiger partial charge in [0.1, 0.15) is 17.5 Å². The molecule has 0 spiro atoms. The van der Waals surface area contributed by atoms with Crippen LogP contribution in [0.3, 0.4) is 0 Å². The summed E-state index contributed by atoms with van der Waals surface area (Å²) in [5.74, 6) is -1.47. The van der Waals surface area contributed by atoms with Crippen LogP contribution in [0, 0.1) is 30.3 Å². The minimum absolute atomic E-state index is 0.198. The van der Waals surface area contributed by atoms with Crippen LogP contribution >= 0.6 is 0 Å². The number of hydrogen-bond acceptors (Lipinski definition) is 3. The van der Waals surface area contributed by atoms with Gasteiger partial charge in [0, 0.05) is 18.2 Å². The van der Waals surface area contributed by atoms with E-state index < -0.39 is 24.6 Å². The Kier molecular flexibility index (Phi) is 23.0. The second kappa shape index (κ2) is 21.5. The Morgan fingerprint density at radius 1 is 0.970 bits per heavy atom. The number of aryl methyl sites for hydroxylation is 1. The molecule has 2 rings (SSSR count). The predicted molar refractivity (Wildman–Crippen MR) is 135 cm³/mol. The lowest BCUT2D eigenvalue weighted by atomic mass is 9.79. The molecule has 0 aromatic heterocycles. The van der Waals surface area contributed by atoms with Crippen LogP contribution in [0.1, 0.15) is 54.0 Å². The molecule has 7 heteroatoms. The fourth-order valence-corrected chi connectivity index (χ4v) is 1.94. The smallest absolute Gasteiger partial charge is 0.423 e. The van der Waals surface area contributed by atoms with E-state index in [-0.39, 0.29) is 11.1 Å². The number of hydrogen-bond donors (Lipinski definition) is 3. The van der Waals surface area contributed by atoms with E-state index in [2.05, 4.69) is 6.58 Å². The molecule has 0 bridgehead atoms. The monoisotopic (exact) mass is 468 g/mol. The molecule has 0 heterocycles. The molecular formula is C26H40BF3O3. The van der Waals surface area contributed by atoms with Crippen LogP contribution in [0.2, 0.25) is 0 Å². The maximum absolute atomic E-state index is 13.6. The molecule has 0 fully saturated rings. The Hall–Kier alpha value is -2.35. The Bertz CT molecular complexity index is 787. The van der Waals surface area contributed by atoms with Crippen molar-refractivity contribution < 1.29 is 28.3 Å². The van der Waals surface area contributed by atoms with Gasteiger partial charge in [0.05, 0.1) is 0 Å². The third-order valence-electron chi connectivity index (χ3n) is 3.53. The number of rotatable bonds is 4. The summed E-state index contributed by atoms with van der Waals surface area (Å²) < 4.78 is 39.5. The Labute approximate surface area is 198 Å². The van der Waals surface area contributed by atoms with Gasteiger partial charge in [0.15, 0.2) is 0 Å². The molecule has 0 saturated heterocycles. The van der Waals surface area contributed by atoms with Gasteiger partial charge in [0.2, 0.25) is 0 Å². The molecule has 3 N–H and O–H groups in total. The lowest BCUT2D eigenvalue weighted by molar-refractivity contribution is 0.248. The van der Waals surface area contributed by atoms with Crippen LogP contribution in [0.4, 0.5) is 13.2 Å². The summed E-state index contributed by atoms with van der Waals surface area (Å²) in [6.45, 7) is 19.1. The van der Waals surface area contributed by atoms with E-state index in [1.54, 1.807) is 26.0 Å². The normalized spacial score (nSPS) is 9.61. The van der Waals surface area contributed by atoms with Gasteiger partial charge in [-0.25, -0.2) is 13.2 Å². The van der Waals surface area contributed by atoms with Crippen LogP contribution in [-0.2, 0) is 0 Å². The Morgan fingerprint density at radius 3 is 1.70 bits per heavy atom. The van der Waals surface area contributed by atoms with Crippen molar-refractivity contribution in [2.24, 2.45) is 5.92 Å². The predicted octanol–water partition coefficient (Wildman–Crippen LogP) is 6.90. The molecular weight excluding hydrogens is 428 g/mol. The van der Waals surface area contributed by atoms with Gasteiger partial charge in [-0.05, 0) is 54.6 Å². The molecule has 0 atom stereocenters. The number of allylic oxidation sites excluding steroid dienone is 3. The molecule has 0 amide bonds. The minimum atomic E-state index is -1.38. The summed E-state index contributed by atoms with van der Waals surface area (Å²) in [6, 6.07) is 7.52. The lowest BCUT2D eigenvalue weighted by Crippen LogP contribution is -2.12. The number of benzene rings is 2. The third kappa shape index (κ3) is 16.9. The van der Waals surface area contributed by atoms with Gasteiger partial charge < -0.3 is 15.2 Å². The Balaban J connectivity index is -0.000000446. The van der Waals surface area contributed by atoms with Gasteiger partial charge in [-0.1, -0.05) is 72.4 Å². The van der Waals surface area contributed by atoms with Crippen LogP contribution < -0.4 is 0 Å². The maximum Gasteiger partial charge on any atom is 0.488 e. The van der Waals surface area contributed by atoms with Crippen molar-refractivity contribution in [2.75, 3.05) is 6.61 Å². The highest BCUT2D eigenvalue weighted by Gasteiger charge is 2.08. The molecule has 33 heavy (non-hydrogen) atoms. The highest BCUT2D eigenvalue weighted by molar-refractivity contribution is 6.51. The molecule has 0 aliphatic carbocycles. The molecule has 0 saturated carbocycles. The molecule has 0 aliphatic heterocycles. The first kappa shape index (κ1) is 35.2. The van der Waals surface area contributed by atoms with Crippen LogP contribution in [0.15, 0.2) is 60.6 Å². The van der Waals surface area contributed by atoms with Crippen LogP contribution in [-0.4, -0.2) is 28.9 Å². The van der Waals surface area contributed by atoms with E-state index in [0.717, 1.165) is 23.8 Å². The molecule has 186 valence electrons. The minimum Gasteiger partial charge on any atom is -0.423 e. The average molecular weight is 468 g/mol. The summed E-state index contributed by atoms with van der Waals surface area (Å²) in [6.07, 6.45) is 3.00. The van der Waals surface area contributed by atoms with Gasteiger partial charge >= 0.3 is 7.12 Å². The summed E-state index contributed by atoms with van der Waals surface area (Å²) >= 11 is 0. The largest absolute Gasteiger partial charge is 0.488 e. The SMILES string of the molecule is C=C/C(=C\C)B(O)O.CC.CC.CC(C)CO.Cc1ccc(-c2cc(F)cc(F)c2)c(F)c1.